The Balaban J connectivity index is 2.99. The Bertz CT molecular complexity index is 421. The lowest BCUT2D eigenvalue weighted by molar-refractivity contribution is 0.424. The highest BCUT2D eigenvalue weighted by atomic mass is 79.9. The number of anilines is 1. The molecule has 0 amide bonds. The molecule has 0 fully saturated rings. The van der Waals surface area contributed by atoms with E-state index >= 15 is 0 Å². The Morgan fingerprint density at radius 1 is 1.25 bits per heavy atom. The van der Waals surface area contributed by atoms with Crippen LogP contribution in [0.5, 0.6) is 0 Å². The number of rotatable bonds is 6. The summed E-state index contributed by atoms with van der Waals surface area (Å²) in [5.74, 6) is 0.669. The zero-order chi connectivity index (χ0) is 15.3. The van der Waals surface area contributed by atoms with Crippen molar-refractivity contribution in [2.75, 3.05) is 18.0 Å². The molecule has 0 bridgehead atoms. The van der Waals surface area contributed by atoms with Crippen LogP contribution in [0.25, 0.3) is 0 Å². The summed E-state index contributed by atoms with van der Waals surface area (Å²) in [5, 5.41) is 3.59. The third-order valence-corrected chi connectivity index (χ3v) is 3.65. The van der Waals surface area contributed by atoms with Crippen molar-refractivity contribution in [3.8, 4) is 0 Å². The quantitative estimate of drug-likeness (QED) is 0.798. The van der Waals surface area contributed by atoms with Crippen LogP contribution >= 0.6 is 15.9 Å². The van der Waals surface area contributed by atoms with Gasteiger partial charge in [0.2, 0.25) is 0 Å². The van der Waals surface area contributed by atoms with Crippen LogP contribution in [0.2, 0.25) is 0 Å². The van der Waals surface area contributed by atoms with Crippen molar-refractivity contribution in [1.29, 1.82) is 0 Å². The molecule has 1 N–H and O–H groups in total. The first-order valence-corrected chi connectivity index (χ1v) is 8.30. The molecule has 0 saturated carbocycles. The molecule has 3 heteroatoms. The second-order valence-corrected chi connectivity index (χ2v) is 7.72. The third-order valence-electron chi connectivity index (χ3n) is 3.16. The van der Waals surface area contributed by atoms with E-state index in [0.717, 1.165) is 24.1 Å². The van der Waals surface area contributed by atoms with E-state index in [1.807, 2.05) is 0 Å². The number of halogens is 1. The monoisotopic (exact) mass is 340 g/mol. The fourth-order valence-corrected chi connectivity index (χ4v) is 2.61. The predicted octanol–water partition coefficient (Wildman–Crippen LogP) is 4.82. The molecule has 0 unspecified atom stereocenters. The minimum atomic E-state index is 0.134. The van der Waals surface area contributed by atoms with Crippen molar-refractivity contribution in [3.05, 3.63) is 28.2 Å². The number of benzene rings is 1. The van der Waals surface area contributed by atoms with Gasteiger partial charge in [-0.3, -0.25) is 0 Å². The molecule has 0 radical (unpaired) electrons. The first-order chi connectivity index (χ1) is 9.23. The van der Waals surface area contributed by atoms with Gasteiger partial charge in [-0.2, -0.15) is 0 Å². The molecule has 0 aromatic heterocycles. The van der Waals surface area contributed by atoms with Crippen molar-refractivity contribution in [2.45, 2.75) is 53.6 Å². The van der Waals surface area contributed by atoms with Gasteiger partial charge in [0.05, 0.1) is 0 Å². The fraction of sp³-hybridized carbons (Fsp3) is 0.647. The zero-order valence-corrected chi connectivity index (χ0v) is 15.3. The number of nitrogens with one attached hydrogen (secondary N) is 1. The van der Waals surface area contributed by atoms with Gasteiger partial charge in [0.25, 0.3) is 0 Å². The largest absolute Gasteiger partial charge is 0.371 e. The van der Waals surface area contributed by atoms with E-state index in [9.17, 15) is 0 Å². The molecule has 0 spiro atoms. The van der Waals surface area contributed by atoms with Crippen LogP contribution in [0.15, 0.2) is 22.7 Å². The second kappa shape index (κ2) is 7.46. The summed E-state index contributed by atoms with van der Waals surface area (Å²) in [6.07, 6.45) is 0. The minimum Gasteiger partial charge on any atom is -0.371 e. The molecule has 1 aromatic carbocycles. The lowest BCUT2D eigenvalue weighted by Crippen LogP contribution is -2.36. The molecule has 0 aliphatic carbocycles. The molecular formula is C17H29BrN2. The molecule has 0 aliphatic heterocycles. The molecule has 20 heavy (non-hydrogen) atoms. The lowest BCUT2D eigenvalue weighted by atomic mass is 10.1. The normalized spacial score (nSPS) is 12.0. The predicted molar refractivity (Wildman–Crippen MR) is 93.5 cm³/mol. The standard InChI is InChI=1S/C17H29BrN2/c1-7-20(12-13(2)3)16-9-8-15(18)10-14(16)11-19-17(4,5)6/h8-10,13,19H,7,11-12H2,1-6H3. The Labute approximate surface area is 133 Å². The van der Waals surface area contributed by atoms with Crippen LogP contribution in [0.4, 0.5) is 5.69 Å². The third kappa shape index (κ3) is 5.84. The van der Waals surface area contributed by atoms with Crippen LogP contribution in [-0.4, -0.2) is 18.6 Å². The molecule has 2 nitrogen and oxygen atoms in total. The maximum Gasteiger partial charge on any atom is 0.0412 e. The molecule has 0 atom stereocenters. The average Bonchev–Trinajstić information content (AvgIpc) is 2.33. The molecule has 1 aromatic rings. The summed E-state index contributed by atoms with van der Waals surface area (Å²) in [7, 11) is 0. The van der Waals surface area contributed by atoms with Crippen molar-refractivity contribution in [3.63, 3.8) is 0 Å². The first kappa shape index (κ1) is 17.5. The van der Waals surface area contributed by atoms with E-state index in [0.29, 0.717) is 5.92 Å². The van der Waals surface area contributed by atoms with Crippen LogP contribution in [0, 0.1) is 5.92 Å². The topological polar surface area (TPSA) is 15.3 Å². The van der Waals surface area contributed by atoms with E-state index in [1.54, 1.807) is 0 Å². The highest BCUT2D eigenvalue weighted by Crippen LogP contribution is 2.26. The summed E-state index contributed by atoms with van der Waals surface area (Å²) < 4.78 is 1.15. The van der Waals surface area contributed by atoms with Gasteiger partial charge in [0, 0.05) is 35.3 Å². The van der Waals surface area contributed by atoms with Gasteiger partial charge in [0.15, 0.2) is 0 Å². The molecule has 0 saturated heterocycles. The minimum absolute atomic E-state index is 0.134. The Hall–Kier alpha value is -0.540. The van der Waals surface area contributed by atoms with Gasteiger partial charge >= 0.3 is 0 Å². The second-order valence-electron chi connectivity index (χ2n) is 6.81. The number of hydrogen-bond donors (Lipinski definition) is 1. The van der Waals surface area contributed by atoms with Crippen molar-refractivity contribution in [2.24, 2.45) is 5.92 Å². The molecule has 0 heterocycles. The van der Waals surface area contributed by atoms with Gasteiger partial charge in [-0.25, -0.2) is 0 Å². The number of nitrogens with zero attached hydrogens (tertiary/aromatic N) is 1. The smallest absolute Gasteiger partial charge is 0.0412 e. The summed E-state index contributed by atoms with van der Waals surface area (Å²) in [4.78, 5) is 2.47. The Kier molecular flexibility index (Phi) is 6.53. The summed E-state index contributed by atoms with van der Waals surface area (Å²) in [5.41, 5.74) is 2.84. The fourth-order valence-electron chi connectivity index (χ4n) is 2.20. The van der Waals surface area contributed by atoms with Crippen LogP contribution in [-0.2, 0) is 6.54 Å². The Morgan fingerprint density at radius 3 is 2.40 bits per heavy atom. The molecule has 0 aliphatic rings. The number of hydrogen-bond acceptors (Lipinski definition) is 2. The van der Waals surface area contributed by atoms with E-state index < -0.39 is 0 Å². The summed E-state index contributed by atoms with van der Waals surface area (Å²) >= 11 is 3.59. The summed E-state index contributed by atoms with van der Waals surface area (Å²) in [6.45, 7) is 16.4. The van der Waals surface area contributed by atoms with Crippen molar-refractivity contribution in [1.82, 2.24) is 5.32 Å². The maximum atomic E-state index is 3.59. The first-order valence-electron chi connectivity index (χ1n) is 7.51. The van der Waals surface area contributed by atoms with Crippen LogP contribution in [0.3, 0.4) is 0 Å². The molecule has 114 valence electrons. The van der Waals surface area contributed by atoms with Gasteiger partial charge < -0.3 is 10.2 Å². The van der Waals surface area contributed by atoms with Crippen LogP contribution < -0.4 is 10.2 Å². The van der Waals surface area contributed by atoms with Crippen LogP contribution in [0.1, 0.15) is 47.1 Å². The highest BCUT2D eigenvalue weighted by molar-refractivity contribution is 9.10. The van der Waals surface area contributed by atoms with E-state index in [1.165, 1.54) is 11.3 Å². The van der Waals surface area contributed by atoms with E-state index in [4.69, 9.17) is 0 Å². The Morgan fingerprint density at radius 2 is 1.90 bits per heavy atom. The zero-order valence-electron chi connectivity index (χ0n) is 13.8. The SMILES string of the molecule is CCN(CC(C)C)c1ccc(Br)cc1CNC(C)(C)C. The van der Waals surface area contributed by atoms with Gasteiger partial charge in [0.1, 0.15) is 0 Å². The highest BCUT2D eigenvalue weighted by Gasteiger charge is 2.14. The molecule has 1 rings (SSSR count). The summed E-state index contributed by atoms with van der Waals surface area (Å²) in [6, 6.07) is 6.60. The lowest BCUT2D eigenvalue weighted by Gasteiger charge is -2.29. The van der Waals surface area contributed by atoms with E-state index in [-0.39, 0.29) is 5.54 Å². The van der Waals surface area contributed by atoms with Crippen molar-refractivity contribution < 1.29 is 0 Å². The van der Waals surface area contributed by atoms with Gasteiger partial charge in [-0.05, 0) is 57.4 Å². The van der Waals surface area contributed by atoms with E-state index in [2.05, 4.69) is 85.9 Å². The maximum absolute atomic E-state index is 3.59. The van der Waals surface area contributed by atoms with Crippen molar-refractivity contribution >= 4 is 21.6 Å². The van der Waals surface area contributed by atoms with Gasteiger partial charge in [-0.1, -0.05) is 29.8 Å². The van der Waals surface area contributed by atoms with Gasteiger partial charge in [-0.15, -0.1) is 0 Å². The average molecular weight is 341 g/mol. The molecular weight excluding hydrogens is 312 g/mol.